The van der Waals surface area contributed by atoms with Crippen LogP contribution in [0.4, 0.5) is 26.3 Å². The third kappa shape index (κ3) is 1.22. The molecule has 1 aliphatic heterocycles. The van der Waals surface area contributed by atoms with E-state index >= 15 is 0 Å². The Hall–Kier alpha value is -0.540. The fourth-order valence-electron chi connectivity index (χ4n) is 1.29. The van der Waals surface area contributed by atoms with Gasteiger partial charge in [-0.1, -0.05) is 0 Å². The maximum Gasteiger partial charge on any atom is 0.383 e. The summed E-state index contributed by atoms with van der Waals surface area (Å²) in [5.74, 6) is -24.9. The van der Waals surface area contributed by atoms with Crippen LogP contribution in [0.2, 0.25) is 0 Å². The van der Waals surface area contributed by atoms with Crippen molar-refractivity contribution in [3.63, 3.8) is 0 Å². The summed E-state index contributed by atoms with van der Waals surface area (Å²) >= 11 is 0. The van der Waals surface area contributed by atoms with Crippen molar-refractivity contribution in [2.75, 3.05) is 0 Å². The van der Waals surface area contributed by atoms with E-state index < -0.39 is 29.3 Å². The topological polar surface area (TPSA) is 49.7 Å². The van der Waals surface area contributed by atoms with Crippen LogP contribution in [0.25, 0.3) is 0 Å². The molecule has 0 radical (unpaired) electrons. The first kappa shape index (κ1) is 13.5. The Morgan fingerprint density at radius 3 is 1.19 bits per heavy atom. The van der Waals surface area contributed by atoms with Crippen molar-refractivity contribution < 1.29 is 41.3 Å². The van der Waals surface area contributed by atoms with Crippen molar-refractivity contribution >= 4 is 0 Å². The SMILES string of the molecule is CC1(O)OC(C)(O)C(F)(F)C(F)(F)C1(F)F. The van der Waals surface area contributed by atoms with Crippen LogP contribution in [0, 0.1) is 0 Å². The molecule has 16 heavy (non-hydrogen) atoms. The number of rotatable bonds is 0. The maximum atomic E-state index is 12.9. The molecule has 9 heteroatoms. The Morgan fingerprint density at radius 1 is 0.688 bits per heavy atom. The van der Waals surface area contributed by atoms with Crippen LogP contribution in [0.3, 0.4) is 0 Å². The van der Waals surface area contributed by atoms with E-state index in [1.807, 2.05) is 0 Å². The van der Waals surface area contributed by atoms with Gasteiger partial charge in [0.05, 0.1) is 0 Å². The van der Waals surface area contributed by atoms with Crippen LogP contribution >= 0.6 is 0 Å². The number of hydrogen-bond donors (Lipinski definition) is 2. The third-order valence-electron chi connectivity index (χ3n) is 2.35. The molecule has 3 nitrogen and oxygen atoms in total. The zero-order valence-corrected chi connectivity index (χ0v) is 8.07. The second-order valence-corrected chi connectivity index (χ2v) is 3.79. The van der Waals surface area contributed by atoms with E-state index in [2.05, 4.69) is 4.74 Å². The van der Waals surface area contributed by atoms with Gasteiger partial charge in [-0.3, -0.25) is 0 Å². The Labute approximate surface area is 85.6 Å². The van der Waals surface area contributed by atoms with Crippen molar-refractivity contribution in [1.82, 2.24) is 0 Å². The molecule has 0 aromatic carbocycles. The Kier molecular flexibility index (Phi) is 2.39. The zero-order chi connectivity index (χ0) is 13.2. The van der Waals surface area contributed by atoms with Crippen molar-refractivity contribution in [3.8, 4) is 0 Å². The van der Waals surface area contributed by atoms with E-state index in [0.717, 1.165) is 0 Å². The first-order valence-electron chi connectivity index (χ1n) is 3.99. The highest BCUT2D eigenvalue weighted by Gasteiger charge is 2.87. The minimum atomic E-state index is -5.95. The molecule has 0 aliphatic carbocycles. The summed E-state index contributed by atoms with van der Waals surface area (Å²) in [7, 11) is 0. The first-order chi connectivity index (χ1) is 6.71. The minimum Gasteiger partial charge on any atom is -0.361 e. The number of hydrogen-bond acceptors (Lipinski definition) is 3. The molecule has 2 N–H and O–H groups in total. The Balaban J connectivity index is 3.43. The lowest BCUT2D eigenvalue weighted by molar-refractivity contribution is -0.526. The normalized spacial score (nSPS) is 45.4. The molecule has 1 fully saturated rings. The van der Waals surface area contributed by atoms with Gasteiger partial charge in [-0.2, -0.15) is 26.3 Å². The fraction of sp³-hybridized carbons (Fsp3) is 1.00. The lowest BCUT2D eigenvalue weighted by atomic mass is 9.89. The lowest BCUT2D eigenvalue weighted by Gasteiger charge is -2.51. The minimum absolute atomic E-state index is 0.0601. The molecule has 0 bridgehead atoms. The smallest absolute Gasteiger partial charge is 0.361 e. The van der Waals surface area contributed by atoms with E-state index in [0.29, 0.717) is 0 Å². The summed E-state index contributed by atoms with van der Waals surface area (Å²) in [5.41, 5.74) is 0. The Bertz CT molecular complexity index is 283. The Morgan fingerprint density at radius 2 is 0.938 bits per heavy atom. The molecule has 0 spiro atoms. The molecule has 0 aromatic rings. The van der Waals surface area contributed by atoms with E-state index in [1.165, 1.54) is 0 Å². The molecular formula is C7H8F6O3. The zero-order valence-electron chi connectivity index (χ0n) is 8.07. The molecule has 0 aromatic heterocycles. The average Bonchev–Trinajstić information content (AvgIpc) is 1.98. The molecule has 0 saturated carbocycles. The largest absolute Gasteiger partial charge is 0.383 e. The third-order valence-corrected chi connectivity index (χ3v) is 2.35. The summed E-state index contributed by atoms with van der Waals surface area (Å²) < 4.78 is 80.8. The molecule has 1 saturated heterocycles. The van der Waals surface area contributed by atoms with Crippen LogP contribution in [-0.4, -0.2) is 39.6 Å². The van der Waals surface area contributed by atoms with Gasteiger partial charge in [-0.05, 0) is 13.8 Å². The van der Waals surface area contributed by atoms with Gasteiger partial charge in [-0.15, -0.1) is 0 Å². The highest BCUT2D eigenvalue weighted by molar-refractivity contribution is 5.11. The summed E-state index contributed by atoms with van der Waals surface area (Å²) in [6.45, 7) is 0.120. The number of halogens is 6. The highest BCUT2D eigenvalue weighted by Crippen LogP contribution is 2.59. The molecule has 1 heterocycles. The van der Waals surface area contributed by atoms with Gasteiger partial charge in [0, 0.05) is 0 Å². The van der Waals surface area contributed by atoms with Gasteiger partial charge in [0.15, 0.2) is 0 Å². The summed E-state index contributed by atoms with van der Waals surface area (Å²) in [6, 6.07) is 0. The first-order valence-corrected chi connectivity index (χ1v) is 3.99. The summed E-state index contributed by atoms with van der Waals surface area (Å²) in [6.07, 6.45) is 0. The van der Waals surface area contributed by atoms with Gasteiger partial charge in [0.25, 0.3) is 0 Å². The lowest BCUT2D eigenvalue weighted by Crippen LogP contribution is -2.78. The predicted octanol–water partition coefficient (Wildman–Crippen LogP) is 1.34. The maximum absolute atomic E-state index is 12.9. The van der Waals surface area contributed by atoms with Gasteiger partial charge in [0.1, 0.15) is 0 Å². The second-order valence-electron chi connectivity index (χ2n) is 3.79. The van der Waals surface area contributed by atoms with Crippen molar-refractivity contribution in [1.29, 1.82) is 0 Å². The standard InChI is InChI=1S/C7H8F6O3/c1-3(14)5(8,9)7(12,13)6(10,11)4(2,15)16-3/h14-15H,1-2H3. The van der Waals surface area contributed by atoms with E-state index in [9.17, 15) is 26.3 Å². The average molecular weight is 254 g/mol. The molecule has 1 aliphatic rings. The van der Waals surface area contributed by atoms with E-state index in [4.69, 9.17) is 10.2 Å². The van der Waals surface area contributed by atoms with Crippen LogP contribution < -0.4 is 0 Å². The van der Waals surface area contributed by atoms with Crippen molar-refractivity contribution in [2.45, 2.75) is 43.2 Å². The second kappa shape index (κ2) is 2.82. The quantitative estimate of drug-likeness (QED) is 0.641. The summed E-state index contributed by atoms with van der Waals surface area (Å²) in [5, 5.41) is 17.7. The number of ether oxygens (including phenoxy) is 1. The van der Waals surface area contributed by atoms with Gasteiger partial charge >= 0.3 is 17.8 Å². The monoisotopic (exact) mass is 254 g/mol. The van der Waals surface area contributed by atoms with Gasteiger partial charge in [0.2, 0.25) is 11.6 Å². The van der Waals surface area contributed by atoms with Gasteiger partial charge in [-0.25, -0.2) is 0 Å². The van der Waals surface area contributed by atoms with Crippen LogP contribution in [0.5, 0.6) is 0 Å². The highest BCUT2D eigenvalue weighted by atomic mass is 19.3. The van der Waals surface area contributed by atoms with E-state index in [-0.39, 0.29) is 13.8 Å². The molecular weight excluding hydrogens is 246 g/mol. The number of alkyl halides is 6. The molecule has 2 atom stereocenters. The number of aliphatic hydroxyl groups is 2. The molecule has 96 valence electrons. The van der Waals surface area contributed by atoms with Crippen LogP contribution in [0.1, 0.15) is 13.8 Å². The predicted molar refractivity (Wildman–Crippen MR) is 37.2 cm³/mol. The van der Waals surface area contributed by atoms with Crippen LogP contribution in [-0.2, 0) is 4.74 Å². The molecule has 0 amide bonds. The van der Waals surface area contributed by atoms with Crippen molar-refractivity contribution in [2.24, 2.45) is 0 Å². The van der Waals surface area contributed by atoms with E-state index in [1.54, 1.807) is 0 Å². The van der Waals surface area contributed by atoms with Crippen molar-refractivity contribution in [3.05, 3.63) is 0 Å². The molecule has 1 rings (SSSR count). The fourth-order valence-corrected chi connectivity index (χ4v) is 1.29. The summed E-state index contributed by atoms with van der Waals surface area (Å²) in [4.78, 5) is 0. The van der Waals surface area contributed by atoms with Crippen LogP contribution in [0.15, 0.2) is 0 Å². The molecule has 2 unspecified atom stereocenters. The van der Waals surface area contributed by atoms with Gasteiger partial charge < -0.3 is 14.9 Å².